The molecule has 2 aromatic rings. The van der Waals surface area contributed by atoms with E-state index < -0.39 is 0 Å². The SMILES string of the molecule is COc1cc(-c2cccnc2OC)cc(CN2CC(C#N)C2)c1OCC1CCCO1. The van der Waals surface area contributed by atoms with Crippen LogP contribution in [-0.4, -0.2) is 56.5 Å². The Balaban J connectivity index is 1.67. The van der Waals surface area contributed by atoms with Gasteiger partial charge in [-0.3, -0.25) is 4.90 Å². The minimum Gasteiger partial charge on any atom is -0.493 e. The topological polar surface area (TPSA) is 76.8 Å². The number of aromatic nitrogens is 1. The fourth-order valence-electron chi connectivity index (χ4n) is 4.00. The molecule has 2 saturated heterocycles. The molecule has 1 atom stereocenters. The van der Waals surface area contributed by atoms with Gasteiger partial charge in [-0.1, -0.05) is 0 Å². The molecule has 2 fully saturated rings. The van der Waals surface area contributed by atoms with Gasteiger partial charge in [0.15, 0.2) is 11.5 Å². The van der Waals surface area contributed by atoms with E-state index in [1.807, 2.05) is 18.2 Å². The fraction of sp³-hybridized carbons (Fsp3) is 0.478. The molecule has 0 amide bonds. The van der Waals surface area contributed by atoms with Crippen LogP contribution in [0.4, 0.5) is 0 Å². The number of likely N-dealkylation sites (tertiary alicyclic amines) is 1. The lowest BCUT2D eigenvalue weighted by Crippen LogP contribution is -2.45. The second kappa shape index (κ2) is 9.33. The van der Waals surface area contributed by atoms with Crippen molar-refractivity contribution in [1.82, 2.24) is 9.88 Å². The van der Waals surface area contributed by atoms with E-state index in [0.29, 0.717) is 24.8 Å². The number of hydrogen-bond acceptors (Lipinski definition) is 7. The highest BCUT2D eigenvalue weighted by Crippen LogP contribution is 2.40. The number of benzene rings is 1. The van der Waals surface area contributed by atoms with E-state index in [2.05, 4.69) is 22.0 Å². The van der Waals surface area contributed by atoms with Gasteiger partial charge in [-0.05, 0) is 42.7 Å². The lowest BCUT2D eigenvalue weighted by atomic mass is 9.98. The molecule has 0 N–H and O–H groups in total. The van der Waals surface area contributed by atoms with Crippen molar-refractivity contribution in [3.8, 4) is 34.6 Å². The maximum atomic E-state index is 9.11. The molecular formula is C23H27N3O4. The summed E-state index contributed by atoms with van der Waals surface area (Å²) >= 11 is 0. The van der Waals surface area contributed by atoms with Crippen LogP contribution < -0.4 is 14.2 Å². The van der Waals surface area contributed by atoms with Crippen LogP contribution in [0.3, 0.4) is 0 Å². The van der Waals surface area contributed by atoms with E-state index in [4.69, 9.17) is 24.2 Å². The average molecular weight is 409 g/mol. The zero-order valence-electron chi connectivity index (χ0n) is 17.5. The zero-order valence-corrected chi connectivity index (χ0v) is 17.5. The number of rotatable bonds is 8. The molecule has 1 aromatic carbocycles. The van der Waals surface area contributed by atoms with Gasteiger partial charge >= 0.3 is 0 Å². The van der Waals surface area contributed by atoms with Crippen LogP contribution in [0.2, 0.25) is 0 Å². The summed E-state index contributed by atoms with van der Waals surface area (Å²) in [5.41, 5.74) is 2.86. The van der Waals surface area contributed by atoms with Crippen molar-refractivity contribution in [2.45, 2.75) is 25.5 Å². The molecular weight excluding hydrogens is 382 g/mol. The van der Waals surface area contributed by atoms with E-state index in [1.165, 1.54) is 0 Å². The van der Waals surface area contributed by atoms with Gasteiger partial charge in [0.1, 0.15) is 6.61 Å². The number of pyridine rings is 1. The zero-order chi connectivity index (χ0) is 20.9. The Morgan fingerprint density at radius 2 is 2.13 bits per heavy atom. The number of nitrogens with zero attached hydrogens (tertiary/aromatic N) is 3. The van der Waals surface area contributed by atoms with Gasteiger partial charge in [0.2, 0.25) is 5.88 Å². The molecule has 0 radical (unpaired) electrons. The molecule has 158 valence electrons. The first-order valence-electron chi connectivity index (χ1n) is 10.3. The Bertz CT molecular complexity index is 915. The summed E-state index contributed by atoms with van der Waals surface area (Å²) in [5, 5.41) is 9.11. The number of hydrogen-bond donors (Lipinski definition) is 0. The predicted octanol–water partition coefficient (Wildman–Crippen LogP) is 3.28. The monoisotopic (exact) mass is 409 g/mol. The van der Waals surface area contributed by atoms with Crippen LogP contribution in [0.15, 0.2) is 30.5 Å². The van der Waals surface area contributed by atoms with E-state index in [9.17, 15) is 0 Å². The third-order valence-electron chi connectivity index (χ3n) is 5.60. The third kappa shape index (κ3) is 4.35. The summed E-state index contributed by atoms with van der Waals surface area (Å²) in [5.74, 6) is 2.07. The Labute approximate surface area is 177 Å². The van der Waals surface area contributed by atoms with E-state index in [1.54, 1.807) is 20.4 Å². The second-order valence-corrected chi connectivity index (χ2v) is 7.69. The lowest BCUT2D eigenvalue weighted by molar-refractivity contribution is 0.0654. The molecule has 0 bridgehead atoms. The van der Waals surface area contributed by atoms with E-state index in [-0.39, 0.29) is 12.0 Å². The molecule has 0 spiro atoms. The van der Waals surface area contributed by atoms with Crippen LogP contribution in [0, 0.1) is 17.2 Å². The van der Waals surface area contributed by atoms with Crippen molar-refractivity contribution < 1.29 is 18.9 Å². The summed E-state index contributed by atoms with van der Waals surface area (Å²) in [7, 11) is 3.27. The van der Waals surface area contributed by atoms with Gasteiger partial charge in [0.25, 0.3) is 0 Å². The largest absolute Gasteiger partial charge is 0.493 e. The van der Waals surface area contributed by atoms with Crippen LogP contribution in [-0.2, 0) is 11.3 Å². The van der Waals surface area contributed by atoms with Gasteiger partial charge in [0.05, 0.1) is 32.3 Å². The number of methoxy groups -OCH3 is 2. The molecule has 7 nitrogen and oxygen atoms in total. The Morgan fingerprint density at radius 3 is 2.83 bits per heavy atom. The van der Waals surface area contributed by atoms with Gasteiger partial charge < -0.3 is 18.9 Å². The molecule has 3 heterocycles. The first-order chi connectivity index (χ1) is 14.7. The van der Waals surface area contributed by atoms with Crippen LogP contribution >= 0.6 is 0 Å². The van der Waals surface area contributed by atoms with Gasteiger partial charge in [-0.25, -0.2) is 4.98 Å². The van der Waals surface area contributed by atoms with Crippen molar-refractivity contribution in [3.05, 3.63) is 36.0 Å². The lowest BCUT2D eigenvalue weighted by Gasteiger charge is -2.35. The molecule has 2 aliphatic rings. The van der Waals surface area contributed by atoms with Crippen molar-refractivity contribution in [3.63, 3.8) is 0 Å². The molecule has 0 aliphatic carbocycles. The quantitative estimate of drug-likeness (QED) is 0.662. The number of nitriles is 1. The normalized spacial score (nSPS) is 19.2. The smallest absolute Gasteiger partial charge is 0.221 e. The molecule has 7 heteroatoms. The van der Waals surface area contributed by atoms with Crippen molar-refractivity contribution in [1.29, 1.82) is 5.26 Å². The Hall–Kier alpha value is -2.82. The van der Waals surface area contributed by atoms with Crippen LogP contribution in [0.1, 0.15) is 18.4 Å². The van der Waals surface area contributed by atoms with E-state index in [0.717, 1.165) is 55.0 Å². The van der Waals surface area contributed by atoms with Crippen LogP contribution in [0.5, 0.6) is 17.4 Å². The summed E-state index contributed by atoms with van der Waals surface area (Å²) in [6.07, 6.45) is 3.91. The summed E-state index contributed by atoms with van der Waals surface area (Å²) in [4.78, 5) is 6.56. The first-order valence-corrected chi connectivity index (χ1v) is 10.3. The summed E-state index contributed by atoms with van der Waals surface area (Å²) in [6, 6.07) is 10.3. The standard InChI is InChI=1S/C23H27N3O4/c1-27-21-10-17(20-6-3-7-25-23(20)28-2)9-18(14-26-12-16(11-24)13-26)22(21)30-15-19-5-4-8-29-19/h3,6-7,9-10,16,19H,4-5,8,12-15H2,1-2H3. The van der Waals surface area contributed by atoms with Crippen molar-refractivity contribution in [2.75, 3.05) is 40.5 Å². The van der Waals surface area contributed by atoms with E-state index >= 15 is 0 Å². The molecule has 1 unspecified atom stereocenters. The molecule has 2 aliphatic heterocycles. The minimum atomic E-state index is 0.102. The molecule has 4 rings (SSSR count). The molecule has 1 aromatic heterocycles. The number of ether oxygens (including phenoxy) is 4. The maximum absolute atomic E-state index is 9.11. The fourth-order valence-corrected chi connectivity index (χ4v) is 4.00. The Kier molecular flexibility index (Phi) is 6.36. The van der Waals surface area contributed by atoms with Crippen LogP contribution in [0.25, 0.3) is 11.1 Å². The van der Waals surface area contributed by atoms with Gasteiger partial charge in [-0.2, -0.15) is 5.26 Å². The first kappa shape index (κ1) is 20.5. The summed E-state index contributed by atoms with van der Waals surface area (Å²) in [6.45, 7) is 3.52. The molecule has 30 heavy (non-hydrogen) atoms. The third-order valence-corrected chi connectivity index (χ3v) is 5.60. The predicted molar refractivity (Wildman–Crippen MR) is 112 cm³/mol. The highest BCUT2D eigenvalue weighted by Gasteiger charge is 2.28. The highest BCUT2D eigenvalue weighted by atomic mass is 16.5. The molecule has 0 saturated carbocycles. The Morgan fingerprint density at radius 1 is 1.27 bits per heavy atom. The van der Waals surface area contributed by atoms with Crippen molar-refractivity contribution >= 4 is 0 Å². The summed E-state index contributed by atoms with van der Waals surface area (Å²) < 4.78 is 23.1. The minimum absolute atomic E-state index is 0.102. The van der Waals surface area contributed by atoms with Crippen molar-refractivity contribution in [2.24, 2.45) is 5.92 Å². The average Bonchev–Trinajstić information content (AvgIpc) is 3.27. The van der Waals surface area contributed by atoms with Gasteiger partial charge in [0, 0.05) is 43.6 Å². The maximum Gasteiger partial charge on any atom is 0.221 e. The van der Waals surface area contributed by atoms with Gasteiger partial charge in [-0.15, -0.1) is 0 Å². The highest BCUT2D eigenvalue weighted by molar-refractivity contribution is 5.73. The second-order valence-electron chi connectivity index (χ2n) is 7.69.